The van der Waals surface area contributed by atoms with Gasteiger partial charge in [-0.3, -0.25) is 0 Å². The molecule has 0 spiro atoms. The fourth-order valence-electron chi connectivity index (χ4n) is 4.50. The summed E-state index contributed by atoms with van der Waals surface area (Å²) < 4.78 is 0. The maximum absolute atomic E-state index is 7.09. The van der Waals surface area contributed by atoms with E-state index in [2.05, 4.69) is 96.3 Å². The minimum absolute atomic E-state index is 0.0581. The first-order valence-corrected chi connectivity index (χ1v) is 9.49. The Bertz CT molecular complexity index is 712. The van der Waals surface area contributed by atoms with Gasteiger partial charge in [0.1, 0.15) is 0 Å². The highest BCUT2D eigenvalue weighted by atomic mass is 15.0. The van der Waals surface area contributed by atoms with E-state index in [-0.39, 0.29) is 11.5 Å². The molecule has 0 saturated carbocycles. The van der Waals surface area contributed by atoms with Gasteiger partial charge in [0.2, 0.25) is 0 Å². The predicted octanol–water partition coefficient (Wildman–Crippen LogP) is 4.10. The molecular formula is C24H26N2. The second-order valence-electron chi connectivity index (χ2n) is 7.13. The third-order valence-electron chi connectivity index (χ3n) is 5.72. The van der Waals surface area contributed by atoms with E-state index < -0.39 is 0 Å². The first-order valence-electron chi connectivity index (χ1n) is 9.49. The molecule has 26 heavy (non-hydrogen) atoms. The summed E-state index contributed by atoms with van der Waals surface area (Å²) >= 11 is 0. The van der Waals surface area contributed by atoms with E-state index >= 15 is 0 Å². The summed E-state index contributed by atoms with van der Waals surface area (Å²) in [6.45, 7) is 1.05. The fraction of sp³-hybridized carbons (Fsp3) is 0.250. The maximum atomic E-state index is 7.09. The van der Waals surface area contributed by atoms with Crippen LogP contribution in [0.1, 0.15) is 29.5 Å². The summed E-state index contributed by atoms with van der Waals surface area (Å²) in [6.07, 6.45) is 2.31. The van der Waals surface area contributed by atoms with Gasteiger partial charge in [0.05, 0.1) is 5.41 Å². The number of benzene rings is 3. The van der Waals surface area contributed by atoms with Gasteiger partial charge in [-0.05, 0) is 36.1 Å². The molecule has 2 nitrogen and oxygen atoms in total. The van der Waals surface area contributed by atoms with Crippen LogP contribution in [0.3, 0.4) is 0 Å². The van der Waals surface area contributed by atoms with Gasteiger partial charge in [0.15, 0.2) is 0 Å². The quantitative estimate of drug-likeness (QED) is 0.685. The molecule has 2 heteroatoms. The number of rotatable bonds is 5. The van der Waals surface area contributed by atoms with Crippen LogP contribution in [0, 0.1) is 0 Å². The molecule has 0 aliphatic carbocycles. The Hall–Kier alpha value is -2.42. The average molecular weight is 342 g/mol. The largest absolute Gasteiger partial charge is 0.325 e. The molecule has 0 aromatic heterocycles. The predicted molar refractivity (Wildman–Crippen MR) is 108 cm³/mol. The van der Waals surface area contributed by atoms with Crippen molar-refractivity contribution in [3.8, 4) is 0 Å². The topological polar surface area (TPSA) is 38.0 Å². The van der Waals surface area contributed by atoms with Crippen molar-refractivity contribution in [2.45, 2.75) is 30.3 Å². The van der Waals surface area contributed by atoms with Crippen LogP contribution in [0.25, 0.3) is 0 Å². The fourth-order valence-corrected chi connectivity index (χ4v) is 4.50. The van der Waals surface area contributed by atoms with Gasteiger partial charge >= 0.3 is 0 Å². The highest BCUT2D eigenvalue weighted by Gasteiger charge is 2.45. The molecule has 1 fully saturated rings. The van der Waals surface area contributed by atoms with Crippen LogP contribution in [0.5, 0.6) is 0 Å². The third kappa shape index (κ3) is 2.86. The summed E-state index contributed by atoms with van der Waals surface area (Å²) in [6, 6.07) is 32.5. The Labute approximate surface area is 156 Å². The molecule has 3 aromatic rings. The summed E-state index contributed by atoms with van der Waals surface area (Å²) in [5.41, 5.74) is 10.5. The van der Waals surface area contributed by atoms with Crippen molar-refractivity contribution >= 4 is 0 Å². The Kier molecular flexibility index (Phi) is 4.87. The Morgan fingerprint density at radius 1 is 0.731 bits per heavy atom. The molecule has 1 saturated heterocycles. The number of hydrogen-bond acceptors (Lipinski definition) is 2. The van der Waals surface area contributed by atoms with Crippen LogP contribution < -0.4 is 11.1 Å². The van der Waals surface area contributed by atoms with Crippen molar-refractivity contribution in [3.05, 3.63) is 108 Å². The third-order valence-corrected chi connectivity index (χ3v) is 5.72. The van der Waals surface area contributed by atoms with E-state index in [0.29, 0.717) is 6.04 Å². The molecular weight excluding hydrogens is 316 g/mol. The molecule has 2 unspecified atom stereocenters. The standard InChI is InChI=1S/C24H26N2/c25-23(22-17-10-18-26-22)24(19-11-4-1-5-12-19,20-13-6-2-7-14-20)21-15-8-3-9-16-21/h1-9,11-16,22-23,26H,10,17-18,25H2. The Morgan fingerprint density at radius 3 is 1.50 bits per heavy atom. The number of nitrogens with one attached hydrogen (secondary N) is 1. The Balaban J connectivity index is 2.00. The molecule has 1 aliphatic heterocycles. The zero-order chi connectivity index (χ0) is 17.8. The monoisotopic (exact) mass is 342 g/mol. The molecule has 0 amide bonds. The lowest BCUT2D eigenvalue weighted by Gasteiger charge is -2.43. The molecule has 3 N–H and O–H groups in total. The van der Waals surface area contributed by atoms with Crippen molar-refractivity contribution in [2.24, 2.45) is 5.73 Å². The molecule has 1 aliphatic rings. The molecule has 4 rings (SSSR count). The van der Waals surface area contributed by atoms with Crippen molar-refractivity contribution in [2.75, 3.05) is 6.54 Å². The molecule has 1 heterocycles. The van der Waals surface area contributed by atoms with Gasteiger partial charge in [-0.2, -0.15) is 0 Å². The van der Waals surface area contributed by atoms with Crippen molar-refractivity contribution in [1.29, 1.82) is 0 Å². The van der Waals surface area contributed by atoms with Crippen LogP contribution in [0.15, 0.2) is 91.0 Å². The SMILES string of the molecule is NC(C1CCCN1)C(c1ccccc1)(c1ccccc1)c1ccccc1. The number of hydrogen-bond donors (Lipinski definition) is 2. The van der Waals surface area contributed by atoms with E-state index in [1.807, 2.05) is 0 Å². The number of nitrogens with two attached hydrogens (primary N) is 1. The summed E-state index contributed by atoms with van der Waals surface area (Å²) in [5, 5.41) is 3.65. The minimum atomic E-state index is -0.383. The van der Waals surface area contributed by atoms with Gasteiger partial charge < -0.3 is 11.1 Å². The van der Waals surface area contributed by atoms with Crippen LogP contribution in [-0.4, -0.2) is 18.6 Å². The second kappa shape index (κ2) is 7.45. The van der Waals surface area contributed by atoms with Crippen molar-refractivity contribution in [3.63, 3.8) is 0 Å². The highest BCUT2D eigenvalue weighted by molar-refractivity contribution is 5.53. The van der Waals surface area contributed by atoms with Crippen molar-refractivity contribution < 1.29 is 0 Å². The lowest BCUT2D eigenvalue weighted by molar-refractivity contribution is 0.378. The zero-order valence-corrected chi connectivity index (χ0v) is 15.0. The van der Waals surface area contributed by atoms with Gasteiger partial charge in [-0.15, -0.1) is 0 Å². The van der Waals surface area contributed by atoms with E-state index in [9.17, 15) is 0 Å². The van der Waals surface area contributed by atoms with Gasteiger partial charge in [0, 0.05) is 12.1 Å². The van der Waals surface area contributed by atoms with Crippen LogP contribution in [-0.2, 0) is 5.41 Å². The molecule has 0 bridgehead atoms. The van der Waals surface area contributed by atoms with Gasteiger partial charge in [-0.25, -0.2) is 0 Å². The lowest BCUT2D eigenvalue weighted by Crippen LogP contribution is -2.56. The van der Waals surface area contributed by atoms with Crippen LogP contribution in [0.4, 0.5) is 0 Å². The molecule has 132 valence electrons. The highest BCUT2D eigenvalue weighted by Crippen LogP contribution is 2.43. The summed E-state index contributed by atoms with van der Waals surface area (Å²) in [4.78, 5) is 0. The molecule has 2 atom stereocenters. The average Bonchev–Trinajstić information content (AvgIpc) is 3.26. The summed E-state index contributed by atoms with van der Waals surface area (Å²) in [5.74, 6) is 0. The van der Waals surface area contributed by atoms with Gasteiger partial charge in [0.25, 0.3) is 0 Å². The van der Waals surface area contributed by atoms with E-state index in [4.69, 9.17) is 5.73 Å². The smallest absolute Gasteiger partial charge is 0.0617 e. The molecule has 0 radical (unpaired) electrons. The lowest BCUT2D eigenvalue weighted by atomic mass is 9.63. The summed E-state index contributed by atoms with van der Waals surface area (Å²) in [7, 11) is 0. The second-order valence-corrected chi connectivity index (χ2v) is 7.13. The zero-order valence-electron chi connectivity index (χ0n) is 15.0. The van der Waals surface area contributed by atoms with E-state index in [1.54, 1.807) is 0 Å². The maximum Gasteiger partial charge on any atom is 0.0617 e. The van der Waals surface area contributed by atoms with Gasteiger partial charge in [-0.1, -0.05) is 91.0 Å². The minimum Gasteiger partial charge on any atom is -0.325 e. The Morgan fingerprint density at radius 2 is 1.15 bits per heavy atom. The molecule has 3 aromatic carbocycles. The normalized spacial score (nSPS) is 18.6. The van der Waals surface area contributed by atoms with Crippen molar-refractivity contribution in [1.82, 2.24) is 5.32 Å². The van der Waals surface area contributed by atoms with E-state index in [1.165, 1.54) is 23.1 Å². The van der Waals surface area contributed by atoms with E-state index in [0.717, 1.165) is 13.0 Å². The van der Waals surface area contributed by atoms with Crippen LogP contribution >= 0.6 is 0 Å². The van der Waals surface area contributed by atoms with Crippen LogP contribution in [0.2, 0.25) is 0 Å². The first kappa shape index (κ1) is 17.0. The first-order chi connectivity index (χ1) is 12.8.